The van der Waals surface area contributed by atoms with Crippen LogP contribution in [0.3, 0.4) is 0 Å². The second-order valence-corrected chi connectivity index (χ2v) is 8.00. The number of allylic oxidation sites excluding steroid dienone is 1. The Hall–Kier alpha value is -2.67. The van der Waals surface area contributed by atoms with Crippen LogP contribution in [0.25, 0.3) is 5.57 Å². The zero-order chi connectivity index (χ0) is 19.2. The molecule has 27 heavy (non-hydrogen) atoms. The van der Waals surface area contributed by atoms with E-state index in [2.05, 4.69) is 30.9 Å². The number of rotatable bonds is 5. The zero-order valence-electron chi connectivity index (χ0n) is 16.0. The molecule has 136 valence electrons. The third-order valence-electron chi connectivity index (χ3n) is 4.64. The fraction of sp³-hybridized carbons (Fsp3) is 0.160. The Morgan fingerprint density at radius 3 is 2.22 bits per heavy atom. The second-order valence-electron chi connectivity index (χ2n) is 6.55. The molecule has 0 saturated carbocycles. The monoisotopic (exact) mass is 372 g/mol. The molecular weight excluding hydrogens is 348 g/mol. The van der Waals surface area contributed by atoms with Gasteiger partial charge in [0.25, 0.3) is 0 Å². The molecule has 0 spiro atoms. The minimum absolute atomic E-state index is 0.0780. The lowest BCUT2D eigenvalue weighted by Crippen LogP contribution is -2.04. The van der Waals surface area contributed by atoms with E-state index in [0.29, 0.717) is 0 Å². The van der Waals surface area contributed by atoms with Gasteiger partial charge in [-0.3, -0.25) is 0 Å². The van der Waals surface area contributed by atoms with Gasteiger partial charge in [-0.05, 0) is 49.2 Å². The highest BCUT2D eigenvalue weighted by Crippen LogP contribution is 2.35. The van der Waals surface area contributed by atoms with E-state index in [-0.39, 0.29) is 5.92 Å². The van der Waals surface area contributed by atoms with Crippen molar-refractivity contribution in [2.75, 3.05) is 0 Å². The molecule has 0 aliphatic carbocycles. The third-order valence-corrected chi connectivity index (χ3v) is 6.11. The van der Waals surface area contributed by atoms with E-state index in [9.17, 15) is 4.21 Å². The molecule has 0 heterocycles. The van der Waals surface area contributed by atoms with Crippen LogP contribution < -0.4 is 0 Å². The van der Waals surface area contributed by atoms with Gasteiger partial charge in [0.15, 0.2) is 0 Å². The predicted molar refractivity (Wildman–Crippen MR) is 114 cm³/mol. The van der Waals surface area contributed by atoms with Gasteiger partial charge in [-0.1, -0.05) is 73.2 Å². The number of hydrogen-bond acceptors (Lipinski definition) is 1. The molecular formula is C25H24OS. The molecule has 2 atom stereocenters. The van der Waals surface area contributed by atoms with Crippen molar-refractivity contribution in [3.63, 3.8) is 0 Å². The van der Waals surface area contributed by atoms with E-state index < -0.39 is 10.8 Å². The Morgan fingerprint density at radius 2 is 1.56 bits per heavy atom. The van der Waals surface area contributed by atoms with Crippen molar-refractivity contribution in [2.24, 2.45) is 0 Å². The highest BCUT2D eigenvalue weighted by molar-refractivity contribution is 7.85. The molecule has 0 aliphatic heterocycles. The number of aryl methyl sites for hydroxylation is 1. The summed E-state index contributed by atoms with van der Waals surface area (Å²) in [5.74, 6) is 0.0780. The van der Waals surface area contributed by atoms with Gasteiger partial charge in [0.1, 0.15) is 0 Å². The molecule has 0 aromatic heterocycles. The molecule has 0 amide bonds. The Kier molecular flexibility index (Phi) is 6.24. The van der Waals surface area contributed by atoms with E-state index in [0.717, 1.165) is 26.5 Å². The fourth-order valence-electron chi connectivity index (χ4n) is 3.18. The molecule has 3 aromatic rings. The maximum Gasteiger partial charge on any atom is 0.0852 e. The van der Waals surface area contributed by atoms with Crippen molar-refractivity contribution in [3.05, 3.63) is 107 Å². The normalized spacial score (nSPS) is 12.7. The summed E-state index contributed by atoms with van der Waals surface area (Å²) in [5, 5.41) is 0. The van der Waals surface area contributed by atoms with Gasteiger partial charge >= 0.3 is 0 Å². The summed E-state index contributed by atoms with van der Waals surface area (Å²) in [6.07, 6.45) is 1.94. The molecule has 0 radical (unpaired) electrons. The maximum atomic E-state index is 13.3. The van der Waals surface area contributed by atoms with Crippen LogP contribution in [-0.2, 0) is 10.8 Å². The van der Waals surface area contributed by atoms with Crippen LogP contribution in [0.4, 0.5) is 0 Å². The molecule has 3 rings (SSSR count). The van der Waals surface area contributed by atoms with Gasteiger partial charge in [-0.25, -0.2) is 4.21 Å². The minimum Gasteiger partial charge on any atom is -0.249 e. The third kappa shape index (κ3) is 4.36. The summed E-state index contributed by atoms with van der Waals surface area (Å²) < 4.78 is 13.3. The standard InChI is InChI=1S/C25H24OS/c1-4-10-23(21-11-6-5-7-12-21)20(3)24-13-8-9-14-25(24)27(26)22-17-15-19(2)16-18-22/h4-9,11-18,20H,1-3H3/t10?,20-,27?/m1/s1. The van der Waals surface area contributed by atoms with Gasteiger partial charge in [-0.15, -0.1) is 5.73 Å². The van der Waals surface area contributed by atoms with Crippen molar-refractivity contribution in [3.8, 4) is 0 Å². The van der Waals surface area contributed by atoms with E-state index in [1.807, 2.05) is 80.6 Å². The molecule has 0 fully saturated rings. The highest BCUT2D eigenvalue weighted by Gasteiger charge is 2.20. The SMILES string of the molecule is CC=C=C(c1ccccc1)[C@@H](C)c1ccccc1S(=O)c1ccc(C)cc1. The first-order valence-electron chi connectivity index (χ1n) is 9.16. The molecule has 0 N–H and O–H groups in total. The Labute approximate surface area is 164 Å². The second kappa shape index (κ2) is 8.81. The van der Waals surface area contributed by atoms with Gasteiger partial charge in [0.05, 0.1) is 10.8 Å². The molecule has 0 bridgehead atoms. The lowest BCUT2D eigenvalue weighted by molar-refractivity contribution is 0.681. The lowest BCUT2D eigenvalue weighted by atomic mass is 9.88. The highest BCUT2D eigenvalue weighted by atomic mass is 32.2. The first-order valence-corrected chi connectivity index (χ1v) is 10.3. The molecule has 1 unspecified atom stereocenters. The first kappa shape index (κ1) is 19.1. The quantitative estimate of drug-likeness (QED) is 0.466. The van der Waals surface area contributed by atoms with Crippen LogP contribution in [0.1, 0.15) is 36.5 Å². The molecule has 0 saturated heterocycles. The van der Waals surface area contributed by atoms with Crippen LogP contribution in [0, 0.1) is 6.92 Å². The van der Waals surface area contributed by atoms with E-state index >= 15 is 0 Å². The van der Waals surface area contributed by atoms with Crippen LogP contribution in [0.5, 0.6) is 0 Å². The fourth-order valence-corrected chi connectivity index (χ4v) is 4.48. The summed E-state index contributed by atoms with van der Waals surface area (Å²) in [4.78, 5) is 1.69. The van der Waals surface area contributed by atoms with Crippen LogP contribution >= 0.6 is 0 Å². The number of hydrogen-bond donors (Lipinski definition) is 0. The van der Waals surface area contributed by atoms with Gasteiger partial charge in [0.2, 0.25) is 0 Å². The summed E-state index contributed by atoms with van der Waals surface area (Å²) in [6.45, 7) is 6.17. The van der Waals surface area contributed by atoms with Crippen LogP contribution in [0.2, 0.25) is 0 Å². The van der Waals surface area contributed by atoms with E-state index in [1.165, 1.54) is 5.56 Å². The Bertz CT molecular complexity index is 994. The smallest absolute Gasteiger partial charge is 0.0852 e. The molecule has 2 heteroatoms. The Balaban J connectivity index is 2.06. The lowest BCUT2D eigenvalue weighted by Gasteiger charge is -2.18. The number of benzene rings is 3. The molecule has 3 aromatic carbocycles. The average molecular weight is 373 g/mol. The average Bonchev–Trinajstić information content (AvgIpc) is 2.72. The van der Waals surface area contributed by atoms with E-state index in [1.54, 1.807) is 0 Å². The minimum atomic E-state index is -1.22. The van der Waals surface area contributed by atoms with Crippen molar-refractivity contribution >= 4 is 16.4 Å². The van der Waals surface area contributed by atoms with Crippen molar-refractivity contribution in [1.29, 1.82) is 0 Å². The molecule has 0 aliphatic rings. The maximum absolute atomic E-state index is 13.3. The zero-order valence-corrected chi connectivity index (χ0v) is 16.8. The van der Waals surface area contributed by atoms with Gasteiger partial charge < -0.3 is 0 Å². The molecule has 1 nitrogen and oxygen atoms in total. The summed E-state index contributed by atoms with van der Waals surface area (Å²) >= 11 is 0. The van der Waals surface area contributed by atoms with Gasteiger partial charge in [-0.2, -0.15) is 0 Å². The van der Waals surface area contributed by atoms with Crippen molar-refractivity contribution < 1.29 is 4.21 Å². The van der Waals surface area contributed by atoms with Gasteiger partial charge in [0, 0.05) is 21.3 Å². The Morgan fingerprint density at radius 1 is 0.926 bits per heavy atom. The van der Waals surface area contributed by atoms with Crippen molar-refractivity contribution in [2.45, 2.75) is 36.5 Å². The topological polar surface area (TPSA) is 17.1 Å². The summed E-state index contributed by atoms with van der Waals surface area (Å²) in [5.41, 5.74) is 7.88. The summed E-state index contributed by atoms with van der Waals surface area (Å²) in [6, 6.07) is 26.2. The summed E-state index contributed by atoms with van der Waals surface area (Å²) in [7, 11) is -1.22. The van der Waals surface area contributed by atoms with Crippen molar-refractivity contribution in [1.82, 2.24) is 0 Å². The van der Waals surface area contributed by atoms with Crippen LogP contribution in [0.15, 0.2) is 100 Å². The predicted octanol–water partition coefficient (Wildman–Crippen LogP) is 6.52. The largest absolute Gasteiger partial charge is 0.249 e. The first-order chi connectivity index (χ1) is 13.1. The van der Waals surface area contributed by atoms with E-state index in [4.69, 9.17) is 0 Å². The van der Waals surface area contributed by atoms with Crippen LogP contribution in [-0.4, -0.2) is 4.21 Å².